The van der Waals surface area contributed by atoms with Gasteiger partial charge in [-0.05, 0) is 34.6 Å². The Morgan fingerprint density at radius 2 is 2.06 bits per heavy atom. The van der Waals surface area contributed by atoms with Gasteiger partial charge in [0, 0.05) is 6.54 Å². The summed E-state index contributed by atoms with van der Waals surface area (Å²) in [6.45, 7) is 0.760. The van der Waals surface area contributed by atoms with E-state index in [9.17, 15) is 4.79 Å². The Labute approximate surface area is 113 Å². The van der Waals surface area contributed by atoms with Crippen molar-refractivity contribution in [2.75, 3.05) is 11.9 Å². The summed E-state index contributed by atoms with van der Waals surface area (Å²) >= 11 is 1.99. The zero-order chi connectivity index (χ0) is 12.1. The number of hydrogen-bond acceptors (Lipinski definition) is 3. The maximum atomic E-state index is 11.3. The lowest BCUT2D eigenvalue weighted by Gasteiger charge is -2.06. The number of anilines is 1. The number of benzene rings is 1. The Balaban J connectivity index is 1.95. The Morgan fingerprint density at radius 3 is 2.82 bits per heavy atom. The van der Waals surface area contributed by atoms with Crippen LogP contribution in [0, 0.1) is 3.57 Å². The van der Waals surface area contributed by atoms with Crippen molar-refractivity contribution >= 4 is 28.4 Å². The highest BCUT2D eigenvalue weighted by Gasteiger charge is 2.03. The van der Waals surface area contributed by atoms with Gasteiger partial charge in [-0.3, -0.25) is 4.79 Å². The molecule has 4 nitrogen and oxygen atoms in total. The molecule has 1 aromatic heterocycles. The third-order valence-electron chi connectivity index (χ3n) is 2.35. The molecule has 88 valence electrons. The molecule has 2 rings (SSSR count). The monoisotopic (exact) mass is 341 g/mol. The van der Waals surface area contributed by atoms with Gasteiger partial charge in [-0.15, -0.1) is 0 Å². The lowest BCUT2D eigenvalue weighted by molar-refractivity contribution is 0.988. The van der Waals surface area contributed by atoms with Crippen molar-refractivity contribution in [3.63, 3.8) is 0 Å². The Bertz CT molecular complexity index is 539. The van der Waals surface area contributed by atoms with Crippen molar-refractivity contribution in [1.82, 2.24) is 9.97 Å². The van der Waals surface area contributed by atoms with Crippen molar-refractivity contribution in [3.8, 4) is 0 Å². The van der Waals surface area contributed by atoms with E-state index in [1.54, 1.807) is 0 Å². The fourth-order valence-corrected chi connectivity index (χ4v) is 1.96. The molecule has 5 heteroatoms. The smallest absolute Gasteiger partial charge is 0.266 e. The van der Waals surface area contributed by atoms with Crippen molar-refractivity contribution in [2.45, 2.75) is 6.42 Å². The summed E-state index contributed by atoms with van der Waals surface area (Å²) in [4.78, 5) is 18.0. The lowest BCUT2D eigenvalue weighted by atomic mass is 10.1. The molecule has 0 saturated heterocycles. The second-order valence-corrected chi connectivity index (χ2v) is 4.64. The maximum absolute atomic E-state index is 11.3. The van der Waals surface area contributed by atoms with Crippen molar-refractivity contribution < 1.29 is 0 Å². The molecule has 1 heterocycles. The minimum atomic E-state index is -0.109. The van der Waals surface area contributed by atoms with Crippen molar-refractivity contribution in [2.24, 2.45) is 0 Å². The highest BCUT2D eigenvalue weighted by Crippen LogP contribution is 2.08. The summed E-state index contributed by atoms with van der Waals surface area (Å²) in [6.07, 6.45) is 2.32. The zero-order valence-electron chi connectivity index (χ0n) is 9.11. The fourth-order valence-electron chi connectivity index (χ4n) is 1.48. The van der Waals surface area contributed by atoms with Crippen molar-refractivity contribution in [1.29, 1.82) is 0 Å². The van der Waals surface area contributed by atoms with E-state index in [0.717, 1.165) is 13.0 Å². The van der Waals surface area contributed by atoms with Gasteiger partial charge in [0.2, 0.25) is 0 Å². The first-order valence-electron chi connectivity index (χ1n) is 5.28. The summed E-state index contributed by atoms with van der Waals surface area (Å²) in [7, 11) is 0. The van der Waals surface area contributed by atoms with E-state index in [1.165, 1.54) is 11.9 Å². The molecule has 0 atom stereocenters. The van der Waals surface area contributed by atoms with Crippen LogP contribution in [0.1, 0.15) is 5.56 Å². The number of aromatic nitrogens is 2. The van der Waals surface area contributed by atoms with Crippen LogP contribution in [0.2, 0.25) is 0 Å². The lowest BCUT2D eigenvalue weighted by Crippen LogP contribution is -2.16. The topological polar surface area (TPSA) is 57.8 Å². The van der Waals surface area contributed by atoms with Crippen LogP contribution in [-0.4, -0.2) is 16.5 Å². The molecular formula is C12H12IN3O. The molecule has 0 fully saturated rings. The molecule has 17 heavy (non-hydrogen) atoms. The Hall–Kier alpha value is -1.37. The zero-order valence-corrected chi connectivity index (χ0v) is 11.3. The molecule has 0 aliphatic rings. The number of nitrogens with one attached hydrogen (secondary N) is 2. The predicted molar refractivity (Wildman–Crippen MR) is 76.2 cm³/mol. The highest BCUT2D eigenvalue weighted by molar-refractivity contribution is 14.1. The molecular weight excluding hydrogens is 329 g/mol. The van der Waals surface area contributed by atoms with Gasteiger partial charge >= 0.3 is 0 Å². The molecule has 0 amide bonds. The summed E-state index contributed by atoms with van der Waals surface area (Å²) < 4.78 is 0.596. The van der Waals surface area contributed by atoms with Gasteiger partial charge in [-0.25, -0.2) is 4.98 Å². The third-order valence-corrected chi connectivity index (χ3v) is 3.35. The Morgan fingerprint density at radius 1 is 1.29 bits per heavy atom. The highest BCUT2D eigenvalue weighted by atomic mass is 127. The summed E-state index contributed by atoms with van der Waals surface area (Å²) in [6, 6.07) is 10.2. The van der Waals surface area contributed by atoms with Gasteiger partial charge in [-0.1, -0.05) is 30.3 Å². The van der Waals surface area contributed by atoms with E-state index in [4.69, 9.17) is 0 Å². The molecule has 2 N–H and O–H groups in total. The average Bonchev–Trinajstić information content (AvgIpc) is 2.36. The number of aromatic amines is 1. The first-order valence-corrected chi connectivity index (χ1v) is 6.36. The van der Waals surface area contributed by atoms with Crippen LogP contribution in [0.25, 0.3) is 0 Å². The first-order chi connectivity index (χ1) is 8.27. The first kappa shape index (κ1) is 12.1. The minimum absolute atomic E-state index is 0.109. The maximum Gasteiger partial charge on any atom is 0.266 e. The predicted octanol–water partition coefficient (Wildman–Crippen LogP) is 2.03. The van der Waals surface area contributed by atoms with Gasteiger partial charge < -0.3 is 10.3 Å². The molecule has 1 aromatic carbocycles. The van der Waals surface area contributed by atoms with Gasteiger partial charge in [0.1, 0.15) is 9.39 Å². The second kappa shape index (κ2) is 5.81. The molecule has 2 aromatic rings. The summed E-state index contributed by atoms with van der Waals surface area (Å²) in [5, 5.41) is 3.16. The number of hydrogen-bond donors (Lipinski definition) is 2. The average molecular weight is 341 g/mol. The van der Waals surface area contributed by atoms with Crippen LogP contribution < -0.4 is 10.9 Å². The quantitative estimate of drug-likeness (QED) is 0.837. The SMILES string of the molecule is O=c1[nH]cnc(NCCc2ccccc2)c1I. The van der Waals surface area contributed by atoms with Gasteiger partial charge in [0.15, 0.2) is 0 Å². The third kappa shape index (κ3) is 3.29. The standard InChI is InChI=1S/C12H12IN3O/c13-10-11(15-8-16-12(10)17)14-7-6-9-4-2-1-3-5-9/h1-5,8H,6-7H2,(H2,14,15,16,17). The molecule has 0 unspecified atom stereocenters. The van der Waals surface area contributed by atoms with Gasteiger partial charge in [0.25, 0.3) is 5.56 Å². The van der Waals surface area contributed by atoms with E-state index in [0.29, 0.717) is 9.39 Å². The van der Waals surface area contributed by atoms with Gasteiger partial charge in [-0.2, -0.15) is 0 Å². The summed E-state index contributed by atoms with van der Waals surface area (Å²) in [5.74, 6) is 0.644. The van der Waals surface area contributed by atoms with E-state index < -0.39 is 0 Å². The summed E-state index contributed by atoms with van der Waals surface area (Å²) in [5.41, 5.74) is 1.16. The number of rotatable bonds is 4. The largest absolute Gasteiger partial charge is 0.369 e. The van der Waals surface area contributed by atoms with E-state index in [2.05, 4.69) is 27.4 Å². The normalized spacial score (nSPS) is 10.2. The van der Waals surface area contributed by atoms with Crippen LogP contribution in [0.5, 0.6) is 0 Å². The van der Waals surface area contributed by atoms with Crippen molar-refractivity contribution in [3.05, 3.63) is 56.1 Å². The van der Waals surface area contributed by atoms with Crippen LogP contribution in [0.4, 0.5) is 5.82 Å². The number of halogens is 1. The van der Waals surface area contributed by atoms with Crippen LogP contribution >= 0.6 is 22.6 Å². The van der Waals surface area contributed by atoms with Crippen LogP contribution in [-0.2, 0) is 6.42 Å². The van der Waals surface area contributed by atoms with E-state index in [-0.39, 0.29) is 5.56 Å². The molecule has 0 spiro atoms. The molecule has 0 radical (unpaired) electrons. The second-order valence-electron chi connectivity index (χ2n) is 3.56. The minimum Gasteiger partial charge on any atom is -0.369 e. The Kier molecular flexibility index (Phi) is 4.13. The van der Waals surface area contributed by atoms with E-state index >= 15 is 0 Å². The molecule has 0 aliphatic heterocycles. The molecule has 0 aliphatic carbocycles. The number of H-pyrrole nitrogens is 1. The molecule has 0 bridgehead atoms. The van der Waals surface area contributed by atoms with Crippen LogP contribution in [0.15, 0.2) is 41.5 Å². The molecule has 0 saturated carbocycles. The number of nitrogens with zero attached hydrogens (tertiary/aromatic N) is 1. The van der Waals surface area contributed by atoms with Crippen LogP contribution in [0.3, 0.4) is 0 Å². The fraction of sp³-hybridized carbons (Fsp3) is 0.167. The van der Waals surface area contributed by atoms with Gasteiger partial charge in [0.05, 0.1) is 6.33 Å². The van der Waals surface area contributed by atoms with E-state index in [1.807, 2.05) is 40.8 Å².